The lowest BCUT2D eigenvalue weighted by atomic mass is 9.97. The summed E-state index contributed by atoms with van der Waals surface area (Å²) in [5, 5.41) is 0. The largest absolute Gasteiger partial charge is 0.368 e. The number of hydrogen-bond donors (Lipinski definition) is 2. The van der Waals surface area contributed by atoms with E-state index in [0.717, 1.165) is 13.1 Å². The highest BCUT2D eigenvalue weighted by Crippen LogP contribution is 2.23. The highest BCUT2D eigenvalue weighted by molar-refractivity contribution is 5.79. The smallest absolute Gasteiger partial charge is 0.235 e. The van der Waals surface area contributed by atoms with Crippen LogP contribution in [0, 0.1) is 0 Å². The summed E-state index contributed by atoms with van der Waals surface area (Å²) in [4.78, 5) is 15.9. The number of nitrogens with zero attached hydrogens (tertiary/aromatic N) is 2. The Bertz CT molecular complexity index is 284. The maximum atomic E-state index is 11.0. The molecule has 2 aliphatic rings. The van der Waals surface area contributed by atoms with Gasteiger partial charge in [0.05, 0.1) is 6.04 Å². The molecule has 2 fully saturated rings. The lowest BCUT2D eigenvalue weighted by molar-refractivity contribution is -0.120. The van der Waals surface area contributed by atoms with E-state index >= 15 is 0 Å². The first-order valence-corrected chi connectivity index (χ1v) is 6.61. The first kappa shape index (κ1) is 12.8. The van der Waals surface area contributed by atoms with Gasteiger partial charge in [-0.1, -0.05) is 6.42 Å². The van der Waals surface area contributed by atoms with Crippen molar-refractivity contribution in [2.45, 2.75) is 44.3 Å². The molecule has 4 N–H and O–H groups in total. The Morgan fingerprint density at radius 3 is 2.88 bits per heavy atom. The Kier molecular flexibility index (Phi) is 4.01. The van der Waals surface area contributed by atoms with Crippen LogP contribution in [-0.2, 0) is 4.79 Å². The Labute approximate surface area is 103 Å². The second-order valence-electron chi connectivity index (χ2n) is 5.46. The monoisotopic (exact) mass is 240 g/mol. The summed E-state index contributed by atoms with van der Waals surface area (Å²) in [5.41, 5.74) is 11.0. The van der Waals surface area contributed by atoms with E-state index in [9.17, 15) is 4.79 Å². The molecule has 17 heavy (non-hydrogen) atoms. The zero-order chi connectivity index (χ0) is 12.4. The van der Waals surface area contributed by atoms with Crippen molar-refractivity contribution in [3.8, 4) is 0 Å². The minimum atomic E-state index is -0.535. The SMILES string of the molecule is CC1CN2CCCCC2CN1CC(N)C(N)=O. The molecule has 2 saturated heterocycles. The molecule has 0 saturated carbocycles. The highest BCUT2D eigenvalue weighted by Gasteiger charge is 2.33. The summed E-state index contributed by atoms with van der Waals surface area (Å²) in [6.07, 6.45) is 3.92. The van der Waals surface area contributed by atoms with Gasteiger partial charge in [-0.15, -0.1) is 0 Å². The molecule has 1 amide bonds. The van der Waals surface area contributed by atoms with E-state index in [-0.39, 0.29) is 0 Å². The number of piperazine rings is 1. The zero-order valence-corrected chi connectivity index (χ0v) is 10.6. The van der Waals surface area contributed by atoms with Crippen LogP contribution in [0.3, 0.4) is 0 Å². The number of primary amides is 1. The van der Waals surface area contributed by atoms with E-state index in [1.54, 1.807) is 0 Å². The summed E-state index contributed by atoms with van der Waals surface area (Å²) in [5.74, 6) is -0.400. The molecular weight excluding hydrogens is 216 g/mol. The van der Waals surface area contributed by atoms with Crippen molar-refractivity contribution in [2.75, 3.05) is 26.2 Å². The molecule has 3 atom stereocenters. The number of piperidine rings is 1. The fraction of sp³-hybridized carbons (Fsp3) is 0.917. The summed E-state index contributed by atoms with van der Waals surface area (Å²) < 4.78 is 0. The summed E-state index contributed by atoms with van der Waals surface area (Å²) in [7, 11) is 0. The van der Waals surface area contributed by atoms with E-state index in [0.29, 0.717) is 18.6 Å². The average molecular weight is 240 g/mol. The molecule has 5 nitrogen and oxygen atoms in total. The summed E-state index contributed by atoms with van der Waals surface area (Å²) >= 11 is 0. The van der Waals surface area contributed by atoms with Gasteiger partial charge >= 0.3 is 0 Å². The van der Waals surface area contributed by atoms with Gasteiger partial charge < -0.3 is 11.5 Å². The number of hydrogen-bond acceptors (Lipinski definition) is 4. The standard InChI is InChI=1S/C12H24N4O/c1-9-6-15-5-3-2-4-10(15)7-16(9)8-11(13)12(14)17/h9-11H,2-8,13H2,1H3,(H2,14,17). The topological polar surface area (TPSA) is 75.6 Å². The maximum absolute atomic E-state index is 11.0. The number of rotatable bonds is 3. The minimum Gasteiger partial charge on any atom is -0.368 e. The van der Waals surface area contributed by atoms with Crippen LogP contribution in [0.1, 0.15) is 26.2 Å². The zero-order valence-electron chi connectivity index (χ0n) is 10.6. The number of amides is 1. The third-order valence-corrected chi connectivity index (χ3v) is 4.11. The van der Waals surface area contributed by atoms with Gasteiger partial charge in [0.15, 0.2) is 0 Å². The fourth-order valence-electron chi connectivity index (χ4n) is 3.01. The van der Waals surface area contributed by atoms with Gasteiger partial charge in [-0.05, 0) is 26.3 Å². The van der Waals surface area contributed by atoms with Crippen LogP contribution in [0.4, 0.5) is 0 Å². The molecule has 5 heteroatoms. The Balaban J connectivity index is 1.92. The fourth-order valence-corrected chi connectivity index (χ4v) is 3.01. The molecule has 2 heterocycles. The highest BCUT2D eigenvalue weighted by atomic mass is 16.1. The predicted octanol–water partition coefficient (Wildman–Crippen LogP) is -0.642. The third kappa shape index (κ3) is 2.97. The van der Waals surface area contributed by atoms with Crippen molar-refractivity contribution >= 4 is 5.91 Å². The van der Waals surface area contributed by atoms with Crippen molar-refractivity contribution in [1.82, 2.24) is 9.80 Å². The van der Waals surface area contributed by atoms with Gasteiger partial charge in [0.2, 0.25) is 5.91 Å². The molecule has 0 bridgehead atoms. The number of carbonyl (C=O) groups excluding carboxylic acids is 1. The van der Waals surface area contributed by atoms with Crippen molar-refractivity contribution in [3.05, 3.63) is 0 Å². The predicted molar refractivity (Wildman–Crippen MR) is 67.4 cm³/mol. The molecule has 3 unspecified atom stereocenters. The Hall–Kier alpha value is -0.650. The van der Waals surface area contributed by atoms with Crippen LogP contribution in [0.15, 0.2) is 0 Å². The molecule has 0 aromatic carbocycles. The Morgan fingerprint density at radius 1 is 1.41 bits per heavy atom. The van der Waals surface area contributed by atoms with Crippen molar-refractivity contribution < 1.29 is 4.79 Å². The molecule has 2 rings (SSSR count). The summed E-state index contributed by atoms with van der Waals surface area (Å²) in [6.45, 7) is 6.16. The van der Waals surface area contributed by atoms with Crippen LogP contribution in [-0.4, -0.2) is 60.0 Å². The van der Waals surface area contributed by atoms with E-state index in [4.69, 9.17) is 11.5 Å². The van der Waals surface area contributed by atoms with Crippen LogP contribution in [0.5, 0.6) is 0 Å². The van der Waals surface area contributed by atoms with Crippen molar-refractivity contribution in [1.29, 1.82) is 0 Å². The number of carbonyl (C=O) groups is 1. The van der Waals surface area contributed by atoms with E-state index in [1.165, 1.54) is 25.8 Å². The average Bonchev–Trinajstić information content (AvgIpc) is 2.29. The lowest BCUT2D eigenvalue weighted by Crippen LogP contribution is -2.61. The van der Waals surface area contributed by atoms with E-state index < -0.39 is 11.9 Å². The van der Waals surface area contributed by atoms with Crippen LogP contribution < -0.4 is 11.5 Å². The third-order valence-electron chi connectivity index (χ3n) is 4.11. The molecule has 2 aliphatic heterocycles. The van der Waals surface area contributed by atoms with Crippen molar-refractivity contribution in [2.24, 2.45) is 11.5 Å². The van der Waals surface area contributed by atoms with Crippen LogP contribution in [0.25, 0.3) is 0 Å². The summed E-state index contributed by atoms with van der Waals surface area (Å²) in [6, 6.07) is 0.586. The quantitative estimate of drug-likeness (QED) is 0.688. The second-order valence-corrected chi connectivity index (χ2v) is 5.46. The lowest BCUT2D eigenvalue weighted by Gasteiger charge is -2.47. The number of nitrogens with two attached hydrogens (primary N) is 2. The van der Waals surface area contributed by atoms with Crippen molar-refractivity contribution in [3.63, 3.8) is 0 Å². The molecule has 0 aromatic heterocycles. The molecule has 0 radical (unpaired) electrons. The van der Waals surface area contributed by atoms with E-state index in [1.807, 2.05) is 0 Å². The van der Waals surface area contributed by atoms with E-state index in [2.05, 4.69) is 16.7 Å². The molecule has 98 valence electrons. The first-order valence-electron chi connectivity index (χ1n) is 6.61. The van der Waals surface area contributed by atoms with Gasteiger partial charge in [-0.2, -0.15) is 0 Å². The first-order chi connectivity index (χ1) is 8.08. The minimum absolute atomic E-state index is 0.400. The maximum Gasteiger partial charge on any atom is 0.235 e. The van der Waals surface area contributed by atoms with Gasteiger partial charge in [0, 0.05) is 31.7 Å². The van der Waals surface area contributed by atoms with Gasteiger partial charge in [-0.3, -0.25) is 14.6 Å². The molecular formula is C12H24N4O. The van der Waals surface area contributed by atoms with Crippen LogP contribution in [0.2, 0.25) is 0 Å². The van der Waals surface area contributed by atoms with Crippen LogP contribution >= 0.6 is 0 Å². The molecule has 0 aliphatic carbocycles. The second kappa shape index (κ2) is 5.33. The van der Waals surface area contributed by atoms with Gasteiger partial charge in [0.1, 0.15) is 0 Å². The van der Waals surface area contributed by atoms with Gasteiger partial charge in [-0.25, -0.2) is 0 Å². The van der Waals surface area contributed by atoms with Gasteiger partial charge in [0.25, 0.3) is 0 Å². The Morgan fingerprint density at radius 2 is 2.18 bits per heavy atom. The molecule has 0 spiro atoms. The molecule has 0 aromatic rings. The normalized spacial score (nSPS) is 33.1. The number of fused-ring (bicyclic) bond motifs is 1.